The number of nitrogens with zero attached hydrogens (tertiary/aromatic N) is 7. The Morgan fingerprint density at radius 1 is 0.694 bits per heavy atom. The molecule has 8 nitrogen and oxygen atoms in total. The van der Waals surface area contributed by atoms with Crippen molar-refractivity contribution in [3.8, 4) is 5.19 Å². The first kappa shape index (κ1) is 27.4. The van der Waals surface area contributed by atoms with Crippen LogP contribution >= 0.6 is 11.3 Å². The Labute approximate surface area is 218 Å². The van der Waals surface area contributed by atoms with Gasteiger partial charge in [0.25, 0.3) is 10.3 Å². The summed E-state index contributed by atoms with van der Waals surface area (Å²) >= 11 is 1.29. The summed E-state index contributed by atoms with van der Waals surface area (Å²) in [5.74, 6) is 0.653. The Bertz CT molecular complexity index is 1110. The summed E-state index contributed by atoms with van der Waals surface area (Å²) in [5, 5.41) is 26.2. The zero-order valence-corrected chi connectivity index (χ0v) is 23.1. The maximum Gasteiger partial charge on any atom is 0.296 e. The molecule has 1 heterocycles. The molecular weight excluding hydrogens is 470 g/mol. The van der Waals surface area contributed by atoms with Gasteiger partial charge >= 0.3 is 0 Å². The van der Waals surface area contributed by atoms with E-state index in [0.717, 1.165) is 24.2 Å². The Kier molecular flexibility index (Phi) is 10.0. The van der Waals surface area contributed by atoms with E-state index >= 15 is 0 Å². The average Bonchev–Trinajstić information content (AvgIpc) is 3.28. The summed E-state index contributed by atoms with van der Waals surface area (Å²) in [6.45, 7) is 15.3. The highest BCUT2D eigenvalue weighted by Crippen LogP contribution is 2.29. The molecule has 0 aliphatic heterocycles. The van der Waals surface area contributed by atoms with Crippen LogP contribution in [0.1, 0.15) is 61.3 Å². The van der Waals surface area contributed by atoms with E-state index in [2.05, 4.69) is 89.2 Å². The van der Waals surface area contributed by atoms with Crippen molar-refractivity contribution in [1.29, 1.82) is 0 Å². The van der Waals surface area contributed by atoms with E-state index in [-0.39, 0.29) is 6.10 Å². The van der Waals surface area contributed by atoms with Gasteiger partial charge in [-0.05, 0) is 113 Å². The smallest absolute Gasteiger partial charge is 0.296 e. The topological polar surface area (TPSA) is 87.7 Å². The number of hydrogen-bond donors (Lipinski definition) is 0. The SMILES string of the molecule is CC(C)CCC(C)Oc1nnc(N=Nc2ccc(N=Nc3ccc(N(C(C)C)C(C)C)cc3)cc2)s1. The summed E-state index contributed by atoms with van der Waals surface area (Å²) in [6, 6.07) is 16.4. The lowest BCUT2D eigenvalue weighted by molar-refractivity contribution is 0.199. The van der Waals surface area contributed by atoms with Crippen LogP contribution in [0, 0.1) is 5.92 Å². The molecule has 1 atom stereocenters. The van der Waals surface area contributed by atoms with Crippen molar-refractivity contribution in [1.82, 2.24) is 10.2 Å². The summed E-state index contributed by atoms with van der Waals surface area (Å²) < 4.78 is 5.83. The number of ether oxygens (including phenoxy) is 1. The van der Waals surface area contributed by atoms with Crippen LogP contribution in [0.25, 0.3) is 0 Å². The number of benzene rings is 2. The fraction of sp³-hybridized carbons (Fsp3) is 0.481. The zero-order chi connectivity index (χ0) is 26.1. The largest absolute Gasteiger partial charge is 0.466 e. The lowest BCUT2D eigenvalue weighted by atomic mass is 10.1. The number of hydrogen-bond acceptors (Lipinski definition) is 9. The number of anilines is 1. The second kappa shape index (κ2) is 13.2. The van der Waals surface area contributed by atoms with Gasteiger partial charge in [0.1, 0.15) is 0 Å². The van der Waals surface area contributed by atoms with Crippen molar-refractivity contribution >= 4 is 39.2 Å². The molecule has 0 spiro atoms. The van der Waals surface area contributed by atoms with E-state index in [0.29, 0.717) is 34.0 Å². The quantitative estimate of drug-likeness (QED) is 0.229. The molecule has 0 amide bonds. The number of aromatic nitrogens is 2. The molecule has 9 heteroatoms. The average molecular weight is 508 g/mol. The normalized spacial score (nSPS) is 12.9. The van der Waals surface area contributed by atoms with Gasteiger partial charge in [0.05, 0.1) is 23.2 Å². The van der Waals surface area contributed by atoms with E-state index in [4.69, 9.17) is 4.74 Å². The zero-order valence-electron chi connectivity index (χ0n) is 22.3. The number of azo groups is 2. The minimum absolute atomic E-state index is 0.0968. The first-order chi connectivity index (χ1) is 17.2. The monoisotopic (exact) mass is 507 g/mol. The first-order valence-electron chi connectivity index (χ1n) is 12.5. The van der Waals surface area contributed by atoms with Gasteiger partial charge in [-0.15, -0.1) is 15.3 Å². The molecule has 0 aliphatic carbocycles. The third-order valence-electron chi connectivity index (χ3n) is 5.49. The third kappa shape index (κ3) is 8.48. The van der Waals surface area contributed by atoms with Gasteiger partial charge in [-0.2, -0.15) is 10.2 Å². The second-order valence-electron chi connectivity index (χ2n) is 9.78. The van der Waals surface area contributed by atoms with Gasteiger partial charge in [-0.25, -0.2) is 0 Å². The molecule has 0 bridgehead atoms. The van der Waals surface area contributed by atoms with Crippen LogP contribution in [0.15, 0.2) is 69.0 Å². The minimum atomic E-state index is 0.0968. The maximum absolute atomic E-state index is 5.83. The molecule has 2 aromatic carbocycles. The third-order valence-corrected chi connectivity index (χ3v) is 6.19. The lowest BCUT2D eigenvalue weighted by Gasteiger charge is -2.33. The van der Waals surface area contributed by atoms with Crippen LogP contribution < -0.4 is 9.64 Å². The van der Waals surface area contributed by atoms with Crippen LogP contribution in [-0.2, 0) is 0 Å². The van der Waals surface area contributed by atoms with E-state index < -0.39 is 0 Å². The van der Waals surface area contributed by atoms with Gasteiger partial charge < -0.3 is 9.64 Å². The van der Waals surface area contributed by atoms with Crippen LogP contribution in [-0.4, -0.2) is 28.4 Å². The fourth-order valence-electron chi connectivity index (χ4n) is 3.78. The molecule has 0 saturated heterocycles. The molecule has 0 saturated carbocycles. The van der Waals surface area contributed by atoms with Crippen molar-refractivity contribution in [2.75, 3.05) is 4.90 Å². The molecule has 0 radical (unpaired) electrons. The fourth-order valence-corrected chi connectivity index (χ4v) is 4.39. The molecule has 0 N–H and O–H groups in total. The minimum Gasteiger partial charge on any atom is -0.466 e. The Hall–Kier alpha value is -3.20. The summed E-state index contributed by atoms with van der Waals surface area (Å²) in [7, 11) is 0. The molecule has 0 fully saturated rings. The van der Waals surface area contributed by atoms with Gasteiger partial charge in [0.2, 0.25) is 0 Å². The molecule has 1 unspecified atom stereocenters. The summed E-state index contributed by atoms with van der Waals surface area (Å²) in [6.07, 6.45) is 2.20. The molecule has 3 aromatic rings. The van der Waals surface area contributed by atoms with Crippen molar-refractivity contribution in [2.24, 2.45) is 26.4 Å². The standard InChI is InChI=1S/C27H37N7OS/c1-18(2)8-9-21(7)35-27-33-32-26(36-27)31-30-23-12-10-22(11-13-23)28-29-24-14-16-25(17-15-24)34(19(3)4)20(5)6/h10-21H,8-9H2,1-7H3. The molecule has 1 aromatic heterocycles. The van der Waals surface area contributed by atoms with Gasteiger partial charge in [0, 0.05) is 17.8 Å². The molecule has 3 rings (SSSR count). The lowest BCUT2D eigenvalue weighted by Crippen LogP contribution is -2.36. The summed E-state index contributed by atoms with van der Waals surface area (Å²) in [4.78, 5) is 2.37. The second-order valence-corrected chi connectivity index (χ2v) is 10.7. The molecule has 0 aliphatic rings. The Morgan fingerprint density at radius 3 is 1.69 bits per heavy atom. The predicted octanol–water partition coefficient (Wildman–Crippen LogP) is 9.20. The first-order valence-corrected chi connectivity index (χ1v) is 13.3. The van der Waals surface area contributed by atoms with Gasteiger partial charge in [-0.3, -0.25) is 0 Å². The van der Waals surface area contributed by atoms with Crippen LogP contribution in [0.3, 0.4) is 0 Å². The Balaban J connectivity index is 1.55. The maximum atomic E-state index is 5.83. The van der Waals surface area contributed by atoms with Crippen molar-refractivity contribution in [3.63, 3.8) is 0 Å². The van der Waals surface area contributed by atoms with E-state index in [1.165, 1.54) is 17.0 Å². The van der Waals surface area contributed by atoms with Crippen molar-refractivity contribution in [3.05, 3.63) is 48.5 Å². The van der Waals surface area contributed by atoms with Crippen LogP contribution in [0.4, 0.5) is 27.9 Å². The van der Waals surface area contributed by atoms with Crippen molar-refractivity contribution < 1.29 is 4.74 Å². The summed E-state index contributed by atoms with van der Waals surface area (Å²) in [5.41, 5.74) is 3.43. The van der Waals surface area contributed by atoms with Gasteiger partial charge in [-0.1, -0.05) is 18.9 Å². The highest BCUT2D eigenvalue weighted by molar-refractivity contribution is 7.16. The van der Waals surface area contributed by atoms with Crippen molar-refractivity contribution in [2.45, 2.75) is 79.5 Å². The molecule has 36 heavy (non-hydrogen) atoms. The van der Waals surface area contributed by atoms with E-state index in [1.807, 2.05) is 43.3 Å². The Morgan fingerprint density at radius 2 is 1.19 bits per heavy atom. The molecular formula is C27H37N7OS. The number of rotatable bonds is 12. The predicted molar refractivity (Wildman–Crippen MR) is 148 cm³/mol. The molecule has 192 valence electrons. The van der Waals surface area contributed by atoms with E-state index in [9.17, 15) is 0 Å². The van der Waals surface area contributed by atoms with Gasteiger partial charge in [0.15, 0.2) is 0 Å². The highest BCUT2D eigenvalue weighted by Gasteiger charge is 2.14. The van der Waals surface area contributed by atoms with Crippen LogP contribution in [0.5, 0.6) is 5.19 Å². The van der Waals surface area contributed by atoms with Crippen LogP contribution in [0.2, 0.25) is 0 Å². The van der Waals surface area contributed by atoms with E-state index in [1.54, 1.807) is 0 Å². The highest BCUT2D eigenvalue weighted by atomic mass is 32.1.